The van der Waals surface area contributed by atoms with Crippen molar-refractivity contribution >= 4 is 10.9 Å². The zero-order valence-corrected chi connectivity index (χ0v) is 20.5. The average Bonchev–Trinajstić information content (AvgIpc) is 3.18. The number of ether oxygens (including phenoxy) is 1. The number of pyridine rings is 3. The first-order valence-corrected chi connectivity index (χ1v) is 11.8. The zero-order valence-electron chi connectivity index (χ0n) is 20.5. The van der Waals surface area contributed by atoms with Crippen molar-refractivity contribution in [3.05, 3.63) is 116 Å². The van der Waals surface area contributed by atoms with Gasteiger partial charge in [0.25, 0.3) is 11.1 Å². The predicted octanol–water partition coefficient (Wildman–Crippen LogP) is 3.72. The van der Waals surface area contributed by atoms with Crippen molar-refractivity contribution in [3.8, 4) is 11.6 Å². The monoisotopic (exact) mass is 481 g/mol. The number of fused-ring (bicyclic) bond motifs is 1. The number of nitrogens with zero attached hydrogens (tertiary/aromatic N) is 5. The molecule has 5 rings (SSSR count). The second-order valence-corrected chi connectivity index (χ2v) is 8.60. The largest absolute Gasteiger partial charge is 0.497 e. The third-order valence-corrected chi connectivity index (χ3v) is 6.38. The zero-order chi connectivity index (χ0) is 25.2. The van der Waals surface area contributed by atoms with E-state index in [4.69, 9.17) is 4.74 Å². The highest BCUT2D eigenvalue weighted by Crippen LogP contribution is 2.20. The van der Waals surface area contributed by atoms with E-state index >= 15 is 0 Å². The Morgan fingerprint density at radius 3 is 2.39 bits per heavy atom. The van der Waals surface area contributed by atoms with E-state index in [-0.39, 0.29) is 11.1 Å². The van der Waals surface area contributed by atoms with Gasteiger partial charge in [0, 0.05) is 23.7 Å². The van der Waals surface area contributed by atoms with Gasteiger partial charge in [-0.3, -0.25) is 19.3 Å². The molecule has 8 nitrogen and oxygen atoms in total. The van der Waals surface area contributed by atoms with E-state index in [0.717, 1.165) is 29.1 Å². The molecule has 0 aliphatic rings. The van der Waals surface area contributed by atoms with E-state index in [0.29, 0.717) is 35.5 Å². The molecule has 0 aliphatic heterocycles. The summed E-state index contributed by atoms with van der Waals surface area (Å²) in [7, 11) is 1.62. The quantitative estimate of drug-likeness (QED) is 0.354. The number of methoxy groups -OCH3 is 1. The van der Waals surface area contributed by atoms with Crippen LogP contribution in [0.2, 0.25) is 0 Å². The Labute approximate surface area is 208 Å². The van der Waals surface area contributed by atoms with Crippen LogP contribution < -0.4 is 15.9 Å². The molecule has 4 aromatic heterocycles. The highest BCUT2D eigenvalue weighted by atomic mass is 16.5. The number of hydrogen-bond acceptors (Lipinski definition) is 5. The van der Waals surface area contributed by atoms with Crippen LogP contribution in [0.1, 0.15) is 29.6 Å². The Bertz CT molecular complexity index is 1650. The van der Waals surface area contributed by atoms with Crippen LogP contribution >= 0.6 is 0 Å². The molecule has 0 aliphatic carbocycles. The number of benzene rings is 1. The molecule has 182 valence electrons. The van der Waals surface area contributed by atoms with Gasteiger partial charge in [-0.15, -0.1) is 0 Å². The van der Waals surface area contributed by atoms with Crippen LogP contribution in [-0.4, -0.2) is 31.0 Å². The minimum atomic E-state index is -0.223. The Balaban J connectivity index is 1.70. The summed E-state index contributed by atoms with van der Waals surface area (Å²) in [6.45, 7) is 4.53. The van der Waals surface area contributed by atoms with Crippen LogP contribution in [0.5, 0.6) is 5.75 Å². The molecule has 0 atom stereocenters. The molecule has 36 heavy (non-hydrogen) atoms. The maximum absolute atomic E-state index is 13.8. The minimum absolute atomic E-state index is 0.189. The van der Waals surface area contributed by atoms with Crippen molar-refractivity contribution in [1.29, 1.82) is 0 Å². The topological polar surface area (TPSA) is 83.9 Å². The lowest BCUT2D eigenvalue weighted by Crippen LogP contribution is -2.24. The molecule has 1 aromatic carbocycles. The molecule has 0 saturated carbocycles. The third-order valence-electron chi connectivity index (χ3n) is 6.38. The van der Waals surface area contributed by atoms with Gasteiger partial charge in [-0.2, -0.15) is 4.68 Å². The lowest BCUT2D eigenvalue weighted by Gasteiger charge is -2.14. The summed E-state index contributed by atoms with van der Waals surface area (Å²) in [6.07, 6.45) is 2.46. The summed E-state index contributed by atoms with van der Waals surface area (Å²) in [5.74, 6) is 1.24. The van der Waals surface area contributed by atoms with Gasteiger partial charge in [0.1, 0.15) is 5.75 Å². The fourth-order valence-corrected chi connectivity index (χ4v) is 4.48. The van der Waals surface area contributed by atoms with Crippen molar-refractivity contribution in [3.63, 3.8) is 0 Å². The van der Waals surface area contributed by atoms with Gasteiger partial charge in [0.2, 0.25) is 0 Å². The van der Waals surface area contributed by atoms with Crippen molar-refractivity contribution in [2.75, 3.05) is 7.11 Å². The van der Waals surface area contributed by atoms with Crippen LogP contribution in [0.3, 0.4) is 0 Å². The molecule has 0 spiro atoms. The molecule has 8 heteroatoms. The van der Waals surface area contributed by atoms with Crippen molar-refractivity contribution < 1.29 is 4.74 Å². The lowest BCUT2D eigenvalue weighted by atomic mass is 10.2. The molecule has 0 unspecified atom stereocenters. The second kappa shape index (κ2) is 9.65. The standard InChI is InChI=1S/C28H27N5O3/c1-4-21-8-7-9-22(30-21)18-31-19(2)27-24(16-26(31)34)32(17-20-11-13-23(36-3)14-12-20)33(28(27)35)25-10-5-6-15-29-25/h5-16H,4,17-18H2,1-3H3. The van der Waals surface area contributed by atoms with Crippen molar-refractivity contribution in [2.24, 2.45) is 0 Å². The summed E-state index contributed by atoms with van der Waals surface area (Å²) in [5, 5.41) is 0.486. The normalized spacial score (nSPS) is 11.2. The van der Waals surface area contributed by atoms with Crippen molar-refractivity contribution in [1.82, 2.24) is 23.9 Å². The lowest BCUT2D eigenvalue weighted by molar-refractivity contribution is 0.414. The average molecular weight is 482 g/mol. The number of rotatable bonds is 7. The van der Waals surface area contributed by atoms with Crippen LogP contribution in [0.4, 0.5) is 0 Å². The second-order valence-electron chi connectivity index (χ2n) is 8.60. The molecule has 0 saturated heterocycles. The Kier molecular flexibility index (Phi) is 6.25. The molecule has 5 aromatic rings. The van der Waals surface area contributed by atoms with Gasteiger partial charge in [-0.05, 0) is 55.3 Å². The fraction of sp³-hybridized carbons (Fsp3) is 0.214. The van der Waals surface area contributed by atoms with Crippen LogP contribution in [0, 0.1) is 6.92 Å². The predicted molar refractivity (Wildman–Crippen MR) is 139 cm³/mol. The van der Waals surface area contributed by atoms with Crippen LogP contribution in [-0.2, 0) is 19.5 Å². The van der Waals surface area contributed by atoms with Crippen LogP contribution in [0.25, 0.3) is 16.7 Å². The summed E-state index contributed by atoms with van der Waals surface area (Å²) < 4.78 is 10.2. The first kappa shape index (κ1) is 23.3. The molecular formula is C28H27N5O3. The number of aryl methyl sites for hydroxylation is 2. The first-order chi connectivity index (χ1) is 17.5. The molecule has 0 bridgehead atoms. The van der Waals surface area contributed by atoms with E-state index in [1.807, 2.05) is 67.1 Å². The third kappa shape index (κ3) is 4.22. The summed E-state index contributed by atoms with van der Waals surface area (Å²) in [5.41, 5.74) is 3.45. The molecule has 0 amide bonds. The maximum atomic E-state index is 13.8. The highest BCUT2D eigenvalue weighted by molar-refractivity contribution is 5.81. The summed E-state index contributed by atoms with van der Waals surface area (Å²) >= 11 is 0. The highest BCUT2D eigenvalue weighted by Gasteiger charge is 2.21. The first-order valence-electron chi connectivity index (χ1n) is 11.8. The van der Waals surface area contributed by atoms with E-state index in [1.165, 1.54) is 6.07 Å². The molecule has 4 heterocycles. The number of hydrogen-bond donors (Lipinski definition) is 0. The fourth-order valence-electron chi connectivity index (χ4n) is 4.48. The van der Waals surface area contributed by atoms with E-state index in [2.05, 4.69) is 9.97 Å². The molecule has 0 radical (unpaired) electrons. The Morgan fingerprint density at radius 2 is 1.69 bits per heavy atom. The van der Waals surface area contributed by atoms with Gasteiger partial charge in [-0.25, -0.2) is 4.98 Å². The van der Waals surface area contributed by atoms with Gasteiger partial charge >= 0.3 is 0 Å². The molecule has 0 fully saturated rings. The molecular weight excluding hydrogens is 454 g/mol. The minimum Gasteiger partial charge on any atom is -0.497 e. The van der Waals surface area contributed by atoms with E-state index in [9.17, 15) is 9.59 Å². The summed E-state index contributed by atoms with van der Waals surface area (Å²) in [6, 6.07) is 20.4. The SMILES string of the molecule is CCc1cccc(Cn2c(C)c3c(=O)n(-c4ccccn4)n(Cc4ccc(OC)cc4)c3cc2=O)n1. The van der Waals surface area contributed by atoms with Gasteiger partial charge in [0.15, 0.2) is 5.82 Å². The van der Waals surface area contributed by atoms with Gasteiger partial charge < -0.3 is 9.30 Å². The smallest absolute Gasteiger partial charge is 0.282 e. The summed E-state index contributed by atoms with van der Waals surface area (Å²) in [4.78, 5) is 36.2. The van der Waals surface area contributed by atoms with Gasteiger partial charge in [0.05, 0.1) is 36.8 Å². The Morgan fingerprint density at radius 1 is 0.917 bits per heavy atom. The van der Waals surface area contributed by atoms with E-state index < -0.39 is 0 Å². The van der Waals surface area contributed by atoms with E-state index in [1.54, 1.807) is 34.7 Å². The number of aromatic nitrogens is 5. The van der Waals surface area contributed by atoms with Crippen molar-refractivity contribution in [2.45, 2.75) is 33.4 Å². The van der Waals surface area contributed by atoms with Crippen LogP contribution in [0.15, 0.2) is 82.5 Å². The molecule has 0 N–H and O–H groups in total. The Hall–Kier alpha value is -4.46. The maximum Gasteiger partial charge on any atom is 0.282 e. The van der Waals surface area contributed by atoms with Gasteiger partial charge in [-0.1, -0.05) is 31.2 Å².